The smallest absolute Gasteiger partial charge is 0.184 e. The van der Waals surface area contributed by atoms with Crippen molar-refractivity contribution in [1.82, 2.24) is 0 Å². The number of carbonyl (C=O) groups excluding carboxylic acids is 1. The highest BCUT2D eigenvalue weighted by atomic mass is 16.5. The van der Waals surface area contributed by atoms with Crippen molar-refractivity contribution in [2.45, 2.75) is 59.5 Å². The molecule has 7 nitrogen and oxygen atoms in total. The molecule has 2 aliphatic rings. The van der Waals surface area contributed by atoms with E-state index in [9.17, 15) is 10.1 Å². The average molecular weight is 502 g/mol. The van der Waals surface area contributed by atoms with Crippen LogP contribution in [0.15, 0.2) is 58.9 Å². The summed E-state index contributed by atoms with van der Waals surface area (Å²) in [4.78, 5) is 15.1. The van der Waals surface area contributed by atoms with E-state index in [4.69, 9.17) is 19.9 Å². The number of ether oxygens (including phenoxy) is 3. The van der Waals surface area contributed by atoms with Gasteiger partial charge in [0.2, 0.25) is 0 Å². The van der Waals surface area contributed by atoms with E-state index in [1.54, 1.807) is 7.11 Å². The van der Waals surface area contributed by atoms with Crippen molar-refractivity contribution in [2.24, 2.45) is 5.92 Å². The van der Waals surface area contributed by atoms with Crippen LogP contribution in [0.4, 0.5) is 11.4 Å². The second kappa shape index (κ2) is 11.4. The molecule has 0 spiro atoms. The van der Waals surface area contributed by atoms with Crippen molar-refractivity contribution in [3.63, 3.8) is 0 Å². The zero-order chi connectivity index (χ0) is 26.5. The molecule has 7 heteroatoms. The van der Waals surface area contributed by atoms with Crippen LogP contribution in [0.5, 0.6) is 17.2 Å². The van der Waals surface area contributed by atoms with Gasteiger partial charge in [0, 0.05) is 35.9 Å². The minimum atomic E-state index is 0.140. The number of rotatable bonds is 9. The van der Waals surface area contributed by atoms with Crippen molar-refractivity contribution >= 4 is 17.2 Å². The predicted octanol–water partition coefficient (Wildman–Crippen LogP) is 6.30. The molecule has 1 heterocycles. The first kappa shape index (κ1) is 26.2. The second-order valence-corrected chi connectivity index (χ2v) is 9.53. The number of hydrogen-bond donors (Lipinski definition) is 1. The molecule has 0 fully saturated rings. The third-order valence-electron chi connectivity index (χ3n) is 7.01. The first-order valence-corrected chi connectivity index (χ1v) is 12.9. The standard InChI is InChI=1S/C30H35N3O4/c1-5-8-20-12-27-25(28(34)13-20)14-22(17-31)19(3)33(27)23-15-26(32)30(29(16-23)36-6-2)37-18-21-9-7-10-24(11-21)35-4/h7,9-11,15-16,20H,5-6,8,12-14,18,32H2,1-4H3. The lowest BCUT2D eigenvalue weighted by molar-refractivity contribution is -0.117. The molecular formula is C30H35N3O4. The summed E-state index contributed by atoms with van der Waals surface area (Å²) in [7, 11) is 1.63. The number of carbonyl (C=O) groups is 1. The largest absolute Gasteiger partial charge is 0.497 e. The van der Waals surface area contributed by atoms with Gasteiger partial charge in [-0.3, -0.25) is 4.79 Å². The third kappa shape index (κ3) is 5.43. The summed E-state index contributed by atoms with van der Waals surface area (Å²) >= 11 is 0. The van der Waals surface area contributed by atoms with Gasteiger partial charge in [-0.1, -0.05) is 25.5 Å². The van der Waals surface area contributed by atoms with Crippen molar-refractivity contribution in [2.75, 3.05) is 24.4 Å². The van der Waals surface area contributed by atoms with E-state index in [-0.39, 0.29) is 5.78 Å². The van der Waals surface area contributed by atoms with E-state index in [1.807, 2.05) is 55.1 Å². The van der Waals surface area contributed by atoms with Gasteiger partial charge in [0.15, 0.2) is 17.3 Å². The molecule has 2 N–H and O–H groups in total. The minimum absolute atomic E-state index is 0.140. The molecule has 37 heavy (non-hydrogen) atoms. The van der Waals surface area contributed by atoms with Crippen LogP contribution in [-0.2, 0) is 11.4 Å². The van der Waals surface area contributed by atoms with Gasteiger partial charge in [-0.2, -0.15) is 5.26 Å². The predicted molar refractivity (Wildman–Crippen MR) is 144 cm³/mol. The van der Waals surface area contributed by atoms with Crippen LogP contribution in [0.2, 0.25) is 0 Å². The number of nitrogen functional groups attached to an aromatic ring is 1. The minimum Gasteiger partial charge on any atom is -0.497 e. The van der Waals surface area contributed by atoms with Crippen LogP contribution in [0.25, 0.3) is 0 Å². The molecule has 2 aromatic carbocycles. The number of methoxy groups -OCH3 is 1. The van der Waals surface area contributed by atoms with Crippen LogP contribution in [-0.4, -0.2) is 19.5 Å². The lowest BCUT2D eigenvalue weighted by atomic mass is 9.79. The fraction of sp³-hybridized carbons (Fsp3) is 0.400. The summed E-state index contributed by atoms with van der Waals surface area (Å²) in [6.07, 6.45) is 3.75. The Morgan fingerprint density at radius 1 is 1.16 bits per heavy atom. The van der Waals surface area contributed by atoms with Gasteiger partial charge < -0.3 is 24.8 Å². The summed E-state index contributed by atoms with van der Waals surface area (Å²) in [6.45, 7) is 6.71. The van der Waals surface area contributed by atoms with Gasteiger partial charge in [0.25, 0.3) is 0 Å². The fourth-order valence-corrected chi connectivity index (χ4v) is 5.24. The molecule has 0 saturated carbocycles. The summed E-state index contributed by atoms with van der Waals surface area (Å²) in [5.74, 6) is 2.17. The molecule has 1 unspecified atom stereocenters. The summed E-state index contributed by atoms with van der Waals surface area (Å²) in [5.41, 5.74) is 11.8. The highest BCUT2D eigenvalue weighted by molar-refractivity contribution is 5.99. The molecule has 0 radical (unpaired) electrons. The molecule has 0 saturated heterocycles. The van der Waals surface area contributed by atoms with E-state index in [1.165, 1.54) is 0 Å². The van der Waals surface area contributed by atoms with Crippen LogP contribution >= 0.6 is 0 Å². The lowest BCUT2D eigenvalue weighted by Crippen LogP contribution is -2.34. The molecule has 0 amide bonds. The van der Waals surface area contributed by atoms with Gasteiger partial charge in [-0.25, -0.2) is 0 Å². The Bertz CT molecular complexity index is 1290. The van der Waals surface area contributed by atoms with Gasteiger partial charge >= 0.3 is 0 Å². The zero-order valence-electron chi connectivity index (χ0n) is 22.1. The molecule has 1 atom stereocenters. The maximum Gasteiger partial charge on any atom is 0.184 e. The van der Waals surface area contributed by atoms with E-state index in [2.05, 4.69) is 13.0 Å². The van der Waals surface area contributed by atoms with Gasteiger partial charge in [0.05, 0.1) is 36.7 Å². The molecule has 1 aliphatic carbocycles. The maximum atomic E-state index is 13.1. The van der Waals surface area contributed by atoms with E-state index in [0.717, 1.165) is 53.2 Å². The number of ketones is 1. The number of anilines is 2. The SMILES string of the molecule is CCCC1CC(=O)C2=C(C1)N(c1cc(N)c(OCc3cccc(OC)c3)c(OCC)c1)C(C)=C(C#N)C2. The zero-order valence-corrected chi connectivity index (χ0v) is 22.1. The van der Waals surface area contributed by atoms with E-state index in [0.29, 0.717) is 54.7 Å². The molecule has 4 rings (SSSR count). The number of Topliss-reactive ketones (excluding diaryl/α,β-unsaturated/α-hetero) is 1. The normalized spacial score (nSPS) is 17.4. The number of benzene rings is 2. The summed E-state index contributed by atoms with van der Waals surface area (Å²) in [6, 6.07) is 13.7. The summed E-state index contributed by atoms with van der Waals surface area (Å²) in [5, 5.41) is 9.85. The molecule has 0 bridgehead atoms. The number of nitriles is 1. The van der Waals surface area contributed by atoms with Crippen LogP contribution in [0.3, 0.4) is 0 Å². The van der Waals surface area contributed by atoms with Gasteiger partial charge in [0.1, 0.15) is 12.4 Å². The Labute approximate surface area is 219 Å². The first-order chi connectivity index (χ1) is 17.9. The Kier molecular flexibility index (Phi) is 8.08. The first-order valence-electron chi connectivity index (χ1n) is 12.9. The van der Waals surface area contributed by atoms with E-state index >= 15 is 0 Å². The Morgan fingerprint density at radius 3 is 2.68 bits per heavy atom. The topological polar surface area (TPSA) is 97.8 Å². The van der Waals surface area contributed by atoms with Crippen LogP contribution < -0.4 is 24.8 Å². The molecule has 1 aliphatic heterocycles. The van der Waals surface area contributed by atoms with Crippen molar-refractivity contribution in [3.05, 3.63) is 64.5 Å². The van der Waals surface area contributed by atoms with Crippen molar-refractivity contribution in [1.29, 1.82) is 5.26 Å². The number of hydrogen-bond acceptors (Lipinski definition) is 7. The fourth-order valence-electron chi connectivity index (χ4n) is 5.24. The average Bonchev–Trinajstić information content (AvgIpc) is 2.88. The second-order valence-electron chi connectivity index (χ2n) is 9.53. The lowest BCUT2D eigenvalue weighted by Gasteiger charge is -2.39. The van der Waals surface area contributed by atoms with Crippen LogP contribution in [0, 0.1) is 17.2 Å². The maximum absolute atomic E-state index is 13.1. The Balaban J connectivity index is 1.73. The van der Waals surface area contributed by atoms with Gasteiger partial charge in [-0.05, 0) is 56.4 Å². The van der Waals surface area contributed by atoms with Crippen LogP contribution in [0.1, 0.15) is 58.4 Å². The highest BCUT2D eigenvalue weighted by Gasteiger charge is 2.36. The number of nitrogens with zero attached hydrogens (tertiary/aromatic N) is 2. The summed E-state index contributed by atoms with van der Waals surface area (Å²) < 4.78 is 17.4. The molecular weight excluding hydrogens is 466 g/mol. The van der Waals surface area contributed by atoms with Crippen molar-refractivity contribution in [3.8, 4) is 23.3 Å². The monoisotopic (exact) mass is 501 g/mol. The highest BCUT2D eigenvalue weighted by Crippen LogP contribution is 2.46. The molecule has 0 aromatic heterocycles. The van der Waals surface area contributed by atoms with E-state index < -0.39 is 0 Å². The van der Waals surface area contributed by atoms with Gasteiger partial charge in [-0.15, -0.1) is 0 Å². The molecule has 194 valence electrons. The number of nitrogens with two attached hydrogens (primary N) is 1. The Hall–Kier alpha value is -3.92. The third-order valence-corrected chi connectivity index (χ3v) is 7.01. The Morgan fingerprint density at radius 2 is 1.97 bits per heavy atom. The number of allylic oxidation sites excluding steroid dienone is 4. The molecule has 2 aromatic rings. The quantitative estimate of drug-likeness (QED) is 0.403. The van der Waals surface area contributed by atoms with Crippen molar-refractivity contribution < 1.29 is 19.0 Å².